The van der Waals surface area contributed by atoms with Crippen LogP contribution in [-0.2, 0) is 23.9 Å². The molecule has 38 heavy (non-hydrogen) atoms. The number of esters is 1. The Morgan fingerprint density at radius 1 is 1.21 bits per heavy atom. The van der Waals surface area contributed by atoms with Crippen molar-refractivity contribution >= 4 is 41.2 Å². The van der Waals surface area contributed by atoms with Crippen LogP contribution < -0.4 is 5.32 Å². The van der Waals surface area contributed by atoms with Crippen LogP contribution in [0.3, 0.4) is 0 Å². The van der Waals surface area contributed by atoms with Crippen LogP contribution in [0.1, 0.15) is 49.1 Å². The van der Waals surface area contributed by atoms with E-state index in [-0.39, 0.29) is 41.2 Å². The smallest absolute Gasteiger partial charge is 0.328 e. The van der Waals surface area contributed by atoms with Gasteiger partial charge in [-0.1, -0.05) is 48.0 Å². The van der Waals surface area contributed by atoms with Crippen molar-refractivity contribution in [3.8, 4) is 0 Å². The highest BCUT2D eigenvalue weighted by Gasteiger charge is 2.41. The first-order valence-corrected chi connectivity index (χ1v) is 13.0. The van der Waals surface area contributed by atoms with E-state index in [0.717, 1.165) is 18.1 Å². The molecule has 9 heteroatoms. The molecule has 2 fully saturated rings. The van der Waals surface area contributed by atoms with Crippen LogP contribution in [0, 0.1) is 11.7 Å². The third-order valence-corrected chi connectivity index (χ3v) is 7.51. The lowest BCUT2D eigenvalue weighted by Crippen LogP contribution is -2.51. The highest BCUT2D eigenvalue weighted by atomic mass is 35.5. The number of Topliss-reactive ketones (excluding diaryl/α,β-unsaturated/α-hetero) is 1. The predicted molar refractivity (Wildman–Crippen MR) is 141 cm³/mol. The normalized spacial score (nSPS) is 22.0. The van der Waals surface area contributed by atoms with Crippen molar-refractivity contribution in [1.82, 2.24) is 10.2 Å². The van der Waals surface area contributed by atoms with Crippen molar-refractivity contribution in [2.24, 2.45) is 5.92 Å². The minimum Gasteiger partial charge on any atom is -0.467 e. The molecule has 0 radical (unpaired) electrons. The van der Waals surface area contributed by atoms with Gasteiger partial charge in [-0.25, -0.2) is 9.18 Å². The Morgan fingerprint density at radius 3 is 2.63 bits per heavy atom. The van der Waals surface area contributed by atoms with E-state index in [1.807, 2.05) is 30.3 Å². The van der Waals surface area contributed by atoms with Gasteiger partial charge in [0.1, 0.15) is 23.7 Å². The van der Waals surface area contributed by atoms with Gasteiger partial charge in [-0.05, 0) is 49.5 Å². The molecule has 2 aromatic carbocycles. The molecule has 1 heterocycles. The van der Waals surface area contributed by atoms with Crippen molar-refractivity contribution in [3.05, 3.63) is 76.6 Å². The number of benzene rings is 2. The fourth-order valence-corrected chi connectivity index (χ4v) is 5.39. The zero-order valence-electron chi connectivity index (χ0n) is 21.1. The first-order valence-electron chi connectivity index (χ1n) is 12.7. The number of ether oxygens (including phenoxy) is 1. The first kappa shape index (κ1) is 27.5. The molecule has 0 aromatic heterocycles. The Labute approximate surface area is 226 Å². The van der Waals surface area contributed by atoms with Gasteiger partial charge in [-0.3, -0.25) is 14.4 Å². The molecule has 1 aliphatic carbocycles. The monoisotopic (exact) mass is 540 g/mol. The van der Waals surface area contributed by atoms with Crippen molar-refractivity contribution < 1.29 is 28.3 Å². The summed E-state index contributed by atoms with van der Waals surface area (Å²) in [6.45, 7) is 0.276. The SMILES string of the molecule is COC(=O)[C@H](C[C@@H]1CCCC1=O)NC(=O)[C@@H]1C[C@@H](c2ccccc2)CN1C(=O)/C=C/c1ccc(Cl)cc1F. The summed E-state index contributed by atoms with van der Waals surface area (Å²) >= 11 is 5.81. The van der Waals surface area contributed by atoms with Gasteiger partial charge in [0.25, 0.3) is 0 Å². The van der Waals surface area contributed by atoms with Crippen molar-refractivity contribution in [2.45, 2.75) is 50.1 Å². The topological polar surface area (TPSA) is 92.8 Å². The van der Waals surface area contributed by atoms with Gasteiger partial charge in [0.2, 0.25) is 11.8 Å². The summed E-state index contributed by atoms with van der Waals surface area (Å²) in [6.07, 6.45) is 4.98. The minimum absolute atomic E-state index is 0.0783. The summed E-state index contributed by atoms with van der Waals surface area (Å²) in [5, 5.41) is 2.99. The Hall–Kier alpha value is -3.52. The number of hydrogen-bond acceptors (Lipinski definition) is 5. The van der Waals surface area contributed by atoms with E-state index in [9.17, 15) is 23.6 Å². The molecule has 2 aliphatic rings. The van der Waals surface area contributed by atoms with Crippen LogP contribution in [0.15, 0.2) is 54.6 Å². The second-order valence-corrected chi connectivity index (χ2v) is 10.2. The van der Waals surface area contributed by atoms with E-state index in [1.165, 1.54) is 36.3 Å². The number of amides is 2. The third kappa shape index (κ3) is 6.48. The van der Waals surface area contributed by atoms with E-state index >= 15 is 0 Å². The molecule has 1 N–H and O–H groups in total. The number of ketones is 1. The second kappa shape index (κ2) is 12.3. The molecule has 0 spiro atoms. The number of carbonyl (C=O) groups is 4. The highest BCUT2D eigenvalue weighted by Crippen LogP contribution is 2.33. The summed E-state index contributed by atoms with van der Waals surface area (Å²) in [7, 11) is 1.23. The molecular formula is C29H30ClFN2O5. The molecule has 4 atom stereocenters. The summed E-state index contributed by atoms with van der Waals surface area (Å²) < 4.78 is 19.1. The number of rotatable bonds is 8. The van der Waals surface area contributed by atoms with Gasteiger partial charge < -0.3 is 15.0 Å². The lowest BCUT2D eigenvalue weighted by molar-refractivity contribution is -0.146. The predicted octanol–water partition coefficient (Wildman–Crippen LogP) is 4.29. The quantitative estimate of drug-likeness (QED) is 0.398. The molecule has 2 aromatic rings. The van der Waals surface area contributed by atoms with Crippen LogP contribution >= 0.6 is 11.6 Å². The molecule has 2 amide bonds. The average molecular weight is 541 g/mol. The number of nitrogens with zero attached hydrogens (tertiary/aromatic N) is 1. The lowest BCUT2D eigenvalue weighted by Gasteiger charge is -2.25. The van der Waals surface area contributed by atoms with Crippen LogP contribution in [-0.4, -0.2) is 54.2 Å². The molecule has 1 saturated heterocycles. The van der Waals surface area contributed by atoms with Gasteiger partial charge in [-0.15, -0.1) is 0 Å². The molecular weight excluding hydrogens is 511 g/mol. The standard InChI is InChI=1S/C29H30ClFN2O5/c1-38-29(37)24(14-20-8-5-9-26(20)34)32-28(36)25-15-21(18-6-3-2-4-7-18)17-33(25)27(35)13-11-19-10-12-22(30)16-23(19)31/h2-4,6-7,10-13,16,20-21,24-25H,5,8-9,14-15,17H2,1H3,(H,32,36)/b13-11+/t20-,21+,24-,25-/m0/s1. The maximum Gasteiger partial charge on any atom is 0.328 e. The molecule has 200 valence electrons. The fraction of sp³-hybridized carbons (Fsp3) is 0.379. The lowest BCUT2D eigenvalue weighted by atomic mass is 9.95. The number of hydrogen-bond donors (Lipinski definition) is 1. The Morgan fingerprint density at radius 2 is 1.97 bits per heavy atom. The van der Waals surface area contributed by atoms with Gasteiger partial charge in [0.05, 0.1) is 7.11 Å². The number of likely N-dealkylation sites (tertiary alicyclic amines) is 1. The zero-order valence-corrected chi connectivity index (χ0v) is 21.8. The maximum absolute atomic E-state index is 14.2. The van der Waals surface area contributed by atoms with E-state index in [0.29, 0.717) is 19.3 Å². The number of carbonyl (C=O) groups excluding carboxylic acids is 4. The first-order chi connectivity index (χ1) is 18.3. The molecule has 7 nitrogen and oxygen atoms in total. The van der Waals surface area contributed by atoms with Crippen molar-refractivity contribution in [2.75, 3.05) is 13.7 Å². The van der Waals surface area contributed by atoms with Crippen LogP contribution in [0.2, 0.25) is 5.02 Å². The van der Waals surface area contributed by atoms with E-state index < -0.39 is 35.7 Å². The molecule has 1 saturated carbocycles. The molecule has 1 aliphatic heterocycles. The van der Waals surface area contributed by atoms with Crippen molar-refractivity contribution in [1.29, 1.82) is 0 Å². The van der Waals surface area contributed by atoms with Crippen LogP contribution in [0.25, 0.3) is 6.08 Å². The van der Waals surface area contributed by atoms with Crippen LogP contribution in [0.4, 0.5) is 4.39 Å². The zero-order chi connectivity index (χ0) is 27.2. The van der Waals surface area contributed by atoms with Gasteiger partial charge in [-0.2, -0.15) is 0 Å². The second-order valence-electron chi connectivity index (χ2n) is 9.72. The van der Waals surface area contributed by atoms with E-state index in [1.54, 1.807) is 0 Å². The van der Waals surface area contributed by atoms with Gasteiger partial charge in [0.15, 0.2) is 0 Å². The molecule has 0 unspecified atom stereocenters. The summed E-state index contributed by atoms with van der Waals surface area (Å²) in [5.41, 5.74) is 1.17. The minimum atomic E-state index is -0.994. The Kier molecular flexibility index (Phi) is 8.94. The van der Waals surface area contributed by atoms with Crippen LogP contribution in [0.5, 0.6) is 0 Å². The summed E-state index contributed by atoms with van der Waals surface area (Å²) in [4.78, 5) is 52.9. The number of halogens is 2. The fourth-order valence-electron chi connectivity index (χ4n) is 5.23. The van der Waals surface area contributed by atoms with Gasteiger partial charge >= 0.3 is 5.97 Å². The maximum atomic E-state index is 14.2. The Bertz CT molecular complexity index is 1230. The number of methoxy groups -OCH3 is 1. The Balaban J connectivity index is 1.55. The summed E-state index contributed by atoms with van der Waals surface area (Å²) in [6, 6.07) is 11.8. The van der Waals surface area contributed by atoms with E-state index in [2.05, 4.69) is 5.32 Å². The van der Waals surface area contributed by atoms with Crippen molar-refractivity contribution in [3.63, 3.8) is 0 Å². The largest absolute Gasteiger partial charge is 0.467 e. The third-order valence-electron chi connectivity index (χ3n) is 7.28. The van der Waals surface area contributed by atoms with Gasteiger partial charge in [0, 0.05) is 41.5 Å². The molecule has 4 rings (SSSR count). The van der Waals surface area contributed by atoms with E-state index in [4.69, 9.17) is 16.3 Å². The average Bonchev–Trinajstić information content (AvgIpc) is 3.54. The number of nitrogens with one attached hydrogen (secondary N) is 1. The summed E-state index contributed by atoms with van der Waals surface area (Å²) in [5.74, 6) is -2.50. The molecule has 0 bridgehead atoms. The highest BCUT2D eigenvalue weighted by molar-refractivity contribution is 6.30.